The van der Waals surface area contributed by atoms with Gasteiger partial charge in [0.1, 0.15) is 23.2 Å². The Kier molecular flexibility index (Phi) is 12.4. The minimum Gasteiger partial charge on any atom is -0.493 e. The Morgan fingerprint density at radius 1 is 1.07 bits per heavy atom. The molecule has 0 radical (unpaired) electrons. The van der Waals surface area contributed by atoms with Crippen molar-refractivity contribution in [2.45, 2.75) is 83.5 Å². The summed E-state index contributed by atoms with van der Waals surface area (Å²) in [7, 11) is 3.23. The van der Waals surface area contributed by atoms with Crippen LogP contribution in [-0.4, -0.2) is 84.1 Å². The molecule has 1 aliphatic rings. The minimum absolute atomic E-state index is 0.148. The molecule has 2 N–H and O–H groups in total. The van der Waals surface area contributed by atoms with E-state index >= 15 is 0 Å². The number of hydrogen-bond acceptors (Lipinski definition) is 6. The van der Waals surface area contributed by atoms with Gasteiger partial charge in [-0.1, -0.05) is 30.3 Å². The van der Waals surface area contributed by atoms with Crippen LogP contribution < -0.4 is 10.5 Å². The van der Waals surface area contributed by atoms with Crippen molar-refractivity contribution in [3.8, 4) is 5.75 Å². The standard InChI is InChI=1S/C33H47FN4O5/c1-33(2,3)43-32(41)37(5)29(31(40)36(4)23-24-12-7-6-8-13-24)22-27(35)19-25-18-26(34)21-28(20-25)42-17-10-9-15-38-16-11-14-30(38)39/h6-8,12-13,18,20-21,27,29H,9-11,14-17,19,22-23,35H2,1-5H3/t27-,29-/m0/s1. The van der Waals surface area contributed by atoms with E-state index in [4.69, 9.17) is 15.2 Å². The Balaban J connectivity index is 1.63. The summed E-state index contributed by atoms with van der Waals surface area (Å²) in [5.41, 5.74) is 7.38. The molecule has 236 valence electrons. The highest BCUT2D eigenvalue weighted by molar-refractivity contribution is 5.85. The zero-order valence-corrected chi connectivity index (χ0v) is 26.2. The first-order valence-electron chi connectivity index (χ1n) is 15.0. The van der Waals surface area contributed by atoms with Gasteiger partial charge in [-0.15, -0.1) is 0 Å². The fourth-order valence-corrected chi connectivity index (χ4v) is 5.11. The summed E-state index contributed by atoms with van der Waals surface area (Å²) in [6.45, 7) is 7.59. The van der Waals surface area contributed by atoms with Crippen molar-refractivity contribution in [3.05, 3.63) is 65.5 Å². The Hall–Kier alpha value is -3.66. The van der Waals surface area contributed by atoms with Crippen LogP contribution in [0.4, 0.5) is 9.18 Å². The van der Waals surface area contributed by atoms with Crippen LogP contribution in [0.1, 0.15) is 64.0 Å². The van der Waals surface area contributed by atoms with E-state index in [-0.39, 0.29) is 24.7 Å². The van der Waals surface area contributed by atoms with Gasteiger partial charge in [0.25, 0.3) is 0 Å². The monoisotopic (exact) mass is 598 g/mol. The maximum Gasteiger partial charge on any atom is 0.410 e. The second kappa shape index (κ2) is 15.7. The van der Waals surface area contributed by atoms with Gasteiger partial charge in [0.15, 0.2) is 0 Å². The van der Waals surface area contributed by atoms with Gasteiger partial charge < -0.3 is 25.0 Å². The normalized spacial score (nSPS) is 14.8. The van der Waals surface area contributed by atoms with Gasteiger partial charge in [0.05, 0.1) is 6.61 Å². The molecule has 0 unspecified atom stereocenters. The highest BCUT2D eigenvalue weighted by Crippen LogP contribution is 2.21. The molecule has 0 spiro atoms. The summed E-state index contributed by atoms with van der Waals surface area (Å²) in [6, 6.07) is 12.6. The molecule has 0 bridgehead atoms. The third-order valence-corrected chi connectivity index (χ3v) is 7.29. The Bertz CT molecular complexity index is 1220. The summed E-state index contributed by atoms with van der Waals surface area (Å²) in [6.07, 6.45) is 2.91. The largest absolute Gasteiger partial charge is 0.493 e. The number of benzene rings is 2. The molecule has 1 saturated heterocycles. The molecule has 3 amide bonds. The molecule has 1 aliphatic heterocycles. The molecule has 9 nitrogen and oxygen atoms in total. The fourth-order valence-electron chi connectivity index (χ4n) is 5.11. The van der Waals surface area contributed by atoms with Crippen LogP contribution in [0.2, 0.25) is 0 Å². The van der Waals surface area contributed by atoms with Gasteiger partial charge in [-0.3, -0.25) is 14.5 Å². The molecular formula is C33H47FN4O5. The molecule has 2 atom stereocenters. The van der Waals surface area contributed by atoms with Crippen LogP contribution in [0.15, 0.2) is 48.5 Å². The maximum absolute atomic E-state index is 14.5. The van der Waals surface area contributed by atoms with E-state index in [1.807, 2.05) is 35.2 Å². The molecule has 2 aromatic carbocycles. The number of ether oxygens (including phenoxy) is 2. The number of carbonyl (C=O) groups is 3. The van der Waals surface area contributed by atoms with Gasteiger partial charge in [-0.05, 0) is 76.1 Å². The van der Waals surface area contributed by atoms with Crippen molar-refractivity contribution in [2.75, 3.05) is 33.8 Å². The number of rotatable bonds is 14. The molecule has 10 heteroatoms. The smallest absolute Gasteiger partial charge is 0.410 e. The molecule has 1 fully saturated rings. The van der Waals surface area contributed by atoms with Gasteiger partial charge in [-0.2, -0.15) is 0 Å². The first kappa shape index (κ1) is 33.8. The Morgan fingerprint density at radius 2 is 1.79 bits per heavy atom. The van der Waals surface area contributed by atoms with E-state index in [0.717, 1.165) is 31.4 Å². The maximum atomic E-state index is 14.5. The molecule has 0 aliphatic carbocycles. The van der Waals surface area contributed by atoms with E-state index in [9.17, 15) is 18.8 Å². The number of hydrogen-bond donors (Lipinski definition) is 1. The average Bonchev–Trinajstić information content (AvgIpc) is 3.34. The van der Waals surface area contributed by atoms with Crippen molar-refractivity contribution in [1.29, 1.82) is 0 Å². The number of likely N-dealkylation sites (tertiary alicyclic amines) is 1. The number of unbranched alkanes of at least 4 members (excludes halogenated alkanes) is 1. The van der Waals surface area contributed by atoms with Crippen LogP contribution in [0.3, 0.4) is 0 Å². The zero-order valence-electron chi connectivity index (χ0n) is 26.2. The molecule has 3 rings (SSSR count). The van der Waals surface area contributed by atoms with Crippen molar-refractivity contribution in [2.24, 2.45) is 5.73 Å². The molecule has 2 aromatic rings. The number of carbonyl (C=O) groups excluding carboxylic acids is 3. The third kappa shape index (κ3) is 11.2. The third-order valence-electron chi connectivity index (χ3n) is 7.29. The Morgan fingerprint density at radius 3 is 2.44 bits per heavy atom. The first-order chi connectivity index (χ1) is 20.3. The van der Waals surface area contributed by atoms with Crippen LogP contribution >= 0.6 is 0 Å². The van der Waals surface area contributed by atoms with Crippen LogP contribution in [-0.2, 0) is 27.3 Å². The fraction of sp³-hybridized carbons (Fsp3) is 0.545. The quantitative estimate of drug-likeness (QED) is 0.315. The lowest BCUT2D eigenvalue weighted by atomic mass is 9.98. The summed E-state index contributed by atoms with van der Waals surface area (Å²) >= 11 is 0. The first-order valence-corrected chi connectivity index (χ1v) is 15.0. The Labute approximate surface area is 255 Å². The predicted molar refractivity (Wildman–Crippen MR) is 164 cm³/mol. The second-order valence-corrected chi connectivity index (χ2v) is 12.3. The number of nitrogens with two attached hydrogens (primary N) is 1. The lowest BCUT2D eigenvalue weighted by Crippen LogP contribution is -2.51. The molecule has 0 saturated carbocycles. The average molecular weight is 599 g/mol. The number of nitrogens with zero attached hydrogens (tertiary/aromatic N) is 3. The summed E-state index contributed by atoms with van der Waals surface area (Å²) in [5.74, 6) is -0.105. The summed E-state index contributed by atoms with van der Waals surface area (Å²) in [5, 5.41) is 0. The lowest BCUT2D eigenvalue weighted by Gasteiger charge is -2.33. The molecule has 43 heavy (non-hydrogen) atoms. The van der Waals surface area contributed by atoms with Crippen LogP contribution in [0.25, 0.3) is 0 Å². The number of likely N-dealkylation sites (N-methyl/N-ethyl adjacent to an activating group) is 2. The van der Waals surface area contributed by atoms with Crippen LogP contribution in [0.5, 0.6) is 5.75 Å². The van der Waals surface area contributed by atoms with E-state index in [1.165, 1.54) is 24.1 Å². The van der Waals surface area contributed by atoms with Crippen molar-refractivity contribution >= 4 is 17.9 Å². The predicted octanol–water partition coefficient (Wildman–Crippen LogP) is 4.76. The molecular weight excluding hydrogens is 551 g/mol. The second-order valence-electron chi connectivity index (χ2n) is 12.3. The van der Waals surface area contributed by atoms with Crippen molar-refractivity contribution in [3.63, 3.8) is 0 Å². The molecule has 0 aromatic heterocycles. The number of halogens is 1. The van der Waals surface area contributed by atoms with Crippen molar-refractivity contribution < 1.29 is 28.2 Å². The van der Waals surface area contributed by atoms with Gasteiger partial charge in [0, 0.05) is 52.3 Å². The highest BCUT2D eigenvalue weighted by atomic mass is 19.1. The van der Waals surface area contributed by atoms with E-state index < -0.39 is 29.6 Å². The van der Waals surface area contributed by atoms with Crippen molar-refractivity contribution in [1.82, 2.24) is 14.7 Å². The SMILES string of the molecule is CN(Cc1ccccc1)C(=O)[C@H](C[C@@H](N)Cc1cc(F)cc(OCCCCN2CCCC2=O)c1)N(C)C(=O)OC(C)(C)C. The van der Waals surface area contributed by atoms with E-state index in [0.29, 0.717) is 37.4 Å². The minimum atomic E-state index is -0.884. The van der Waals surface area contributed by atoms with Gasteiger partial charge >= 0.3 is 6.09 Å². The van der Waals surface area contributed by atoms with E-state index in [2.05, 4.69) is 0 Å². The highest BCUT2D eigenvalue weighted by Gasteiger charge is 2.33. The summed E-state index contributed by atoms with van der Waals surface area (Å²) in [4.78, 5) is 43.1. The number of amides is 3. The molecule has 1 heterocycles. The van der Waals surface area contributed by atoms with Gasteiger partial charge in [0.2, 0.25) is 11.8 Å². The van der Waals surface area contributed by atoms with Crippen LogP contribution in [0, 0.1) is 5.82 Å². The zero-order chi connectivity index (χ0) is 31.6. The topological polar surface area (TPSA) is 105 Å². The summed E-state index contributed by atoms with van der Waals surface area (Å²) < 4.78 is 25.8. The van der Waals surface area contributed by atoms with Gasteiger partial charge in [-0.25, -0.2) is 9.18 Å². The lowest BCUT2D eigenvalue weighted by molar-refractivity contribution is -0.136. The van der Waals surface area contributed by atoms with E-state index in [1.54, 1.807) is 38.8 Å².